The number of ether oxygens (including phenoxy) is 2. The van der Waals surface area contributed by atoms with Crippen LogP contribution in [-0.4, -0.2) is 26.2 Å². The van der Waals surface area contributed by atoms with Gasteiger partial charge in [0.15, 0.2) is 0 Å². The maximum Gasteiger partial charge on any atom is 0.416 e. The Bertz CT molecular complexity index is 762. The largest absolute Gasteiger partial charge is 0.491 e. The highest BCUT2D eigenvalue weighted by Crippen LogP contribution is 2.32. The van der Waals surface area contributed by atoms with Crippen LogP contribution < -0.4 is 10.1 Å². The Labute approximate surface area is 147 Å². The van der Waals surface area contributed by atoms with E-state index in [1.165, 1.54) is 19.2 Å². The highest BCUT2D eigenvalue weighted by Gasteiger charge is 2.33. The molecule has 2 rings (SSSR count). The lowest BCUT2D eigenvalue weighted by atomic mass is 10.1. The van der Waals surface area contributed by atoms with Gasteiger partial charge in [0.25, 0.3) is 5.91 Å². The molecule has 0 saturated carbocycles. The van der Waals surface area contributed by atoms with Gasteiger partial charge in [-0.1, -0.05) is 12.1 Å². The number of halogens is 4. The van der Waals surface area contributed by atoms with Gasteiger partial charge in [-0.3, -0.25) is 4.79 Å². The second kappa shape index (κ2) is 8.66. The zero-order chi connectivity index (χ0) is 19.2. The molecular formula is C18H17F4NO3. The average Bonchev–Trinajstić information content (AvgIpc) is 2.60. The average molecular weight is 371 g/mol. The molecule has 0 fully saturated rings. The molecule has 0 saturated heterocycles. The Morgan fingerprint density at radius 2 is 1.88 bits per heavy atom. The van der Waals surface area contributed by atoms with E-state index in [2.05, 4.69) is 5.32 Å². The summed E-state index contributed by atoms with van der Waals surface area (Å²) in [5, 5.41) is 2.40. The second-order valence-electron chi connectivity index (χ2n) is 5.35. The van der Waals surface area contributed by atoms with Gasteiger partial charge in [0, 0.05) is 19.2 Å². The molecule has 0 aliphatic heterocycles. The molecule has 1 N–H and O–H groups in total. The third-order valence-electron chi connectivity index (χ3n) is 3.47. The molecule has 0 atom stereocenters. The van der Waals surface area contributed by atoms with Crippen molar-refractivity contribution in [3.8, 4) is 5.75 Å². The fraction of sp³-hybridized carbons (Fsp3) is 0.278. The van der Waals surface area contributed by atoms with E-state index in [0.29, 0.717) is 25.0 Å². The number of hydrogen-bond donors (Lipinski definition) is 1. The molecule has 0 radical (unpaired) electrons. The van der Waals surface area contributed by atoms with E-state index in [9.17, 15) is 22.4 Å². The highest BCUT2D eigenvalue weighted by atomic mass is 19.4. The minimum Gasteiger partial charge on any atom is -0.491 e. The zero-order valence-electron chi connectivity index (χ0n) is 13.9. The molecule has 1 amide bonds. The first-order valence-corrected chi connectivity index (χ1v) is 7.67. The van der Waals surface area contributed by atoms with Crippen molar-refractivity contribution in [1.29, 1.82) is 0 Å². The molecule has 0 bridgehead atoms. The third kappa shape index (κ3) is 5.45. The Hall–Kier alpha value is -2.61. The van der Waals surface area contributed by atoms with Crippen molar-refractivity contribution in [3.63, 3.8) is 0 Å². The topological polar surface area (TPSA) is 47.6 Å². The van der Waals surface area contributed by atoms with Gasteiger partial charge in [0.2, 0.25) is 0 Å². The van der Waals surface area contributed by atoms with E-state index in [0.717, 1.165) is 12.1 Å². The highest BCUT2D eigenvalue weighted by molar-refractivity contribution is 5.94. The molecule has 0 spiro atoms. The Morgan fingerprint density at radius 3 is 2.58 bits per heavy atom. The summed E-state index contributed by atoms with van der Waals surface area (Å²) in [7, 11) is 1.53. The van der Waals surface area contributed by atoms with E-state index >= 15 is 0 Å². The van der Waals surface area contributed by atoms with E-state index in [1.807, 2.05) is 0 Å². The molecule has 140 valence electrons. The van der Waals surface area contributed by atoms with Crippen LogP contribution in [0.4, 0.5) is 17.6 Å². The van der Waals surface area contributed by atoms with Crippen LogP contribution >= 0.6 is 0 Å². The zero-order valence-corrected chi connectivity index (χ0v) is 13.9. The van der Waals surface area contributed by atoms with Crippen LogP contribution in [0, 0.1) is 5.82 Å². The van der Waals surface area contributed by atoms with Crippen LogP contribution in [0.1, 0.15) is 21.5 Å². The van der Waals surface area contributed by atoms with Gasteiger partial charge in [-0.05, 0) is 35.9 Å². The van der Waals surface area contributed by atoms with E-state index in [4.69, 9.17) is 9.47 Å². The van der Waals surface area contributed by atoms with E-state index in [-0.39, 0.29) is 17.7 Å². The van der Waals surface area contributed by atoms with E-state index in [1.54, 1.807) is 12.1 Å². The lowest BCUT2D eigenvalue weighted by molar-refractivity contribution is -0.138. The van der Waals surface area contributed by atoms with Gasteiger partial charge in [-0.25, -0.2) is 4.39 Å². The van der Waals surface area contributed by atoms with Crippen LogP contribution in [-0.2, 0) is 17.5 Å². The Morgan fingerprint density at radius 1 is 1.12 bits per heavy atom. The van der Waals surface area contributed by atoms with Crippen molar-refractivity contribution in [1.82, 2.24) is 5.32 Å². The summed E-state index contributed by atoms with van der Waals surface area (Å²) in [5.74, 6) is -1.12. The third-order valence-corrected chi connectivity index (χ3v) is 3.47. The van der Waals surface area contributed by atoms with Crippen molar-refractivity contribution in [3.05, 3.63) is 65.0 Å². The predicted octanol–water partition coefficient (Wildman–Crippen LogP) is 3.80. The van der Waals surface area contributed by atoms with Crippen LogP contribution in [0.5, 0.6) is 5.75 Å². The molecular weight excluding hydrogens is 354 g/mol. The second-order valence-corrected chi connectivity index (χ2v) is 5.35. The number of carbonyl (C=O) groups excluding carboxylic acids is 1. The summed E-state index contributed by atoms with van der Waals surface area (Å²) in [4.78, 5) is 12.2. The number of nitrogens with one attached hydrogen (secondary N) is 1. The van der Waals surface area contributed by atoms with Crippen LogP contribution in [0.15, 0.2) is 42.5 Å². The maximum absolute atomic E-state index is 13.1. The standard InChI is InChI=1S/C18H17F4NO3/c1-25-7-8-26-15-4-2-3-12(9-15)17(24)23-11-13-5-6-14(19)10-16(13)18(20,21)22/h2-6,9-10H,7-8,11H2,1H3,(H,23,24). The first kappa shape index (κ1) is 19.7. The SMILES string of the molecule is COCCOc1cccc(C(=O)NCc2ccc(F)cc2C(F)(F)F)c1. The van der Waals surface area contributed by atoms with Crippen LogP contribution in [0.25, 0.3) is 0 Å². The Kier molecular flexibility index (Phi) is 6.57. The van der Waals surface area contributed by atoms with Gasteiger partial charge in [-0.2, -0.15) is 13.2 Å². The molecule has 2 aromatic carbocycles. The van der Waals surface area contributed by atoms with Crippen molar-refractivity contribution >= 4 is 5.91 Å². The molecule has 0 heterocycles. The Balaban J connectivity index is 2.06. The predicted molar refractivity (Wildman–Crippen MR) is 86.4 cm³/mol. The first-order chi connectivity index (χ1) is 12.3. The summed E-state index contributed by atoms with van der Waals surface area (Å²) in [5.41, 5.74) is -1.11. The molecule has 0 aliphatic carbocycles. The van der Waals surface area contributed by atoms with Crippen LogP contribution in [0.2, 0.25) is 0 Å². The van der Waals surface area contributed by atoms with Gasteiger partial charge in [-0.15, -0.1) is 0 Å². The summed E-state index contributed by atoms with van der Waals surface area (Å²) in [6.45, 7) is 0.288. The summed E-state index contributed by atoms with van der Waals surface area (Å²) < 4.78 is 62.2. The van der Waals surface area contributed by atoms with Gasteiger partial charge >= 0.3 is 6.18 Å². The summed E-state index contributed by atoms with van der Waals surface area (Å²) in [6.07, 6.45) is -4.71. The van der Waals surface area contributed by atoms with Crippen molar-refractivity contribution in [2.75, 3.05) is 20.3 Å². The number of carbonyl (C=O) groups is 1. The molecule has 0 unspecified atom stereocenters. The number of rotatable bonds is 7. The fourth-order valence-electron chi connectivity index (χ4n) is 2.21. The first-order valence-electron chi connectivity index (χ1n) is 7.67. The number of methoxy groups -OCH3 is 1. The normalized spacial score (nSPS) is 11.3. The number of hydrogen-bond acceptors (Lipinski definition) is 3. The molecule has 8 heteroatoms. The molecule has 4 nitrogen and oxygen atoms in total. The lowest BCUT2D eigenvalue weighted by Crippen LogP contribution is -2.24. The minimum absolute atomic E-state index is 0.222. The smallest absolute Gasteiger partial charge is 0.416 e. The maximum atomic E-state index is 13.1. The van der Waals surface area contributed by atoms with Gasteiger partial charge < -0.3 is 14.8 Å². The fourth-order valence-corrected chi connectivity index (χ4v) is 2.21. The molecule has 2 aromatic rings. The van der Waals surface area contributed by atoms with Crippen LogP contribution in [0.3, 0.4) is 0 Å². The van der Waals surface area contributed by atoms with Crippen molar-refractivity contribution < 1.29 is 31.8 Å². The number of amides is 1. The number of alkyl halides is 3. The molecule has 0 aliphatic rings. The van der Waals surface area contributed by atoms with Gasteiger partial charge in [0.05, 0.1) is 12.2 Å². The van der Waals surface area contributed by atoms with Crippen molar-refractivity contribution in [2.45, 2.75) is 12.7 Å². The lowest BCUT2D eigenvalue weighted by Gasteiger charge is -2.14. The number of benzene rings is 2. The quantitative estimate of drug-likeness (QED) is 0.595. The molecule has 26 heavy (non-hydrogen) atoms. The van der Waals surface area contributed by atoms with Crippen molar-refractivity contribution in [2.24, 2.45) is 0 Å². The van der Waals surface area contributed by atoms with E-state index < -0.39 is 23.5 Å². The molecule has 0 aromatic heterocycles. The van der Waals surface area contributed by atoms with Gasteiger partial charge in [0.1, 0.15) is 18.2 Å². The monoisotopic (exact) mass is 371 g/mol. The summed E-state index contributed by atoms with van der Waals surface area (Å²) >= 11 is 0. The summed E-state index contributed by atoms with van der Waals surface area (Å²) in [6, 6.07) is 8.55. The minimum atomic E-state index is -4.71.